The number of nitrogens with zero attached hydrogens (tertiary/aromatic N) is 2. The Morgan fingerprint density at radius 3 is 2.70 bits per heavy atom. The lowest BCUT2D eigenvalue weighted by Gasteiger charge is -1.95. The number of nitro benzene ring substituents is 1. The van der Waals surface area contributed by atoms with Gasteiger partial charge in [-0.3, -0.25) is 14.9 Å². The summed E-state index contributed by atoms with van der Waals surface area (Å²) in [6.07, 6.45) is 4.57. The van der Waals surface area contributed by atoms with E-state index in [-0.39, 0.29) is 11.5 Å². The Hall–Kier alpha value is -3.06. The predicted octanol–water partition coefficient (Wildman–Crippen LogP) is 4.21. The molecule has 2 aromatic heterocycles. The summed E-state index contributed by atoms with van der Waals surface area (Å²) in [5.74, 6) is 0.434. The van der Waals surface area contributed by atoms with Gasteiger partial charge in [0, 0.05) is 23.1 Å². The summed E-state index contributed by atoms with van der Waals surface area (Å²) >= 11 is 1.42. The number of rotatable bonds is 5. The molecule has 23 heavy (non-hydrogen) atoms. The highest BCUT2D eigenvalue weighted by Gasteiger charge is 2.08. The van der Waals surface area contributed by atoms with Crippen LogP contribution < -0.4 is 0 Å². The number of allylic oxidation sites excluding steroid dienone is 1. The Morgan fingerprint density at radius 2 is 2.04 bits per heavy atom. The largest absolute Gasteiger partial charge is 0.462 e. The lowest BCUT2D eigenvalue weighted by atomic mass is 10.1. The number of hydrogen-bond donors (Lipinski definition) is 0. The highest BCUT2D eigenvalue weighted by atomic mass is 32.1. The quantitative estimate of drug-likeness (QED) is 0.303. The first-order valence-corrected chi connectivity index (χ1v) is 7.48. The summed E-state index contributed by atoms with van der Waals surface area (Å²) < 4.78 is 5.26. The molecule has 0 spiro atoms. The van der Waals surface area contributed by atoms with E-state index >= 15 is 0 Å². The van der Waals surface area contributed by atoms with Gasteiger partial charge in [-0.05, 0) is 36.4 Å². The zero-order valence-electron chi connectivity index (χ0n) is 11.7. The molecule has 1 aromatic carbocycles. The summed E-state index contributed by atoms with van der Waals surface area (Å²) in [5.41, 5.74) is 0.984. The zero-order valence-corrected chi connectivity index (χ0v) is 12.5. The molecule has 0 aliphatic carbocycles. The number of thiazole rings is 1. The molecule has 0 saturated heterocycles. The van der Waals surface area contributed by atoms with E-state index in [1.165, 1.54) is 41.7 Å². The van der Waals surface area contributed by atoms with Crippen molar-refractivity contribution in [1.29, 1.82) is 0 Å². The number of ketones is 1. The maximum Gasteiger partial charge on any atom is 0.269 e. The van der Waals surface area contributed by atoms with Gasteiger partial charge in [0.15, 0.2) is 16.6 Å². The van der Waals surface area contributed by atoms with Crippen LogP contribution in [0.25, 0.3) is 16.8 Å². The number of aromatic nitrogens is 1. The van der Waals surface area contributed by atoms with Crippen LogP contribution in [-0.2, 0) is 0 Å². The van der Waals surface area contributed by atoms with Gasteiger partial charge in [0.1, 0.15) is 0 Å². The number of benzene rings is 1. The van der Waals surface area contributed by atoms with Gasteiger partial charge in [-0.25, -0.2) is 4.98 Å². The molecule has 6 nitrogen and oxygen atoms in total. The monoisotopic (exact) mass is 326 g/mol. The predicted molar refractivity (Wildman–Crippen MR) is 86.3 cm³/mol. The second-order valence-corrected chi connectivity index (χ2v) is 5.41. The van der Waals surface area contributed by atoms with Crippen LogP contribution in [0.3, 0.4) is 0 Å². The highest BCUT2D eigenvalue weighted by Crippen LogP contribution is 2.24. The molecule has 3 aromatic rings. The lowest BCUT2D eigenvalue weighted by Crippen LogP contribution is -1.95. The molecule has 0 saturated carbocycles. The van der Waals surface area contributed by atoms with Crippen LogP contribution in [0.4, 0.5) is 5.69 Å². The van der Waals surface area contributed by atoms with Crippen molar-refractivity contribution < 1.29 is 14.1 Å². The van der Waals surface area contributed by atoms with Crippen molar-refractivity contribution in [2.24, 2.45) is 0 Å². The molecule has 114 valence electrons. The molecule has 0 unspecified atom stereocenters. The first-order valence-electron chi connectivity index (χ1n) is 6.60. The highest BCUT2D eigenvalue weighted by molar-refractivity contribution is 7.13. The van der Waals surface area contributed by atoms with E-state index in [1.54, 1.807) is 18.4 Å². The van der Waals surface area contributed by atoms with Crippen molar-refractivity contribution >= 4 is 28.9 Å². The SMILES string of the molecule is O=C(C=Cc1csc(-c2ccco2)n1)c1ccc([N+](=O)[O-])cc1. The van der Waals surface area contributed by atoms with Gasteiger partial charge in [0.25, 0.3) is 5.69 Å². The summed E-state index contributed by atoms with van der Waals surface area (Å²) in [6.45, 7) is 0. The minimum Gasteiger partial charge on any atom is -0.462 e. The van der Waals surface area contributed by atoms with Gasteiger partial charge in [-0.2, -0.15) is 0 Å². The minimum absolute atomic E-state index is 0.0480. The number of carbonyl (C=O) groups excluding carboxylic acids is 1. The molecule has 0 N–H and O–H groups in total. The van der Waals surface area contributed by atoms with Crippen LogP contribution in [0.15, 0.2) is 58.5 Å². The van der Waals surface area contributed by atoms with Crippen molar-refractivity contribution in [3.05, 3.63) is 75.5 Å². The molecule has 0 bridgehead atoms. The van der Waals surface area contributed by atoms with Crippen molar-refractivity contribution in [3.63, 3.8) is 0 Å². The molecule has 0 radical (unpaired) electrons. The molecule has 3 rings (SSSR count). The van der Waals surface area contributed by atoms with Gasteiger partial charge in [-0.15, -0.1) is 11.3 Å². The maximum atomic E-state index is 12.0. The van der Waals surface area contributed by atoms with E-state index in [0.29, 0.717) is 17.0 Å². The average Bonchev–Trinajstić information content (AvgIpc) is 3.23. The van der Waals surface area contributed by atoms with Crippen molar-refractivity contribution in [2.45, 2.75) is 0 Å². The van der Waals surface area contributed by atoms with E-state index in [4.69, 9.17) is 4.42 Å². The number of carbonyl (C=O) groups is 1. The topological polar surface area (TPSA) is 86.2 Å². The fraction of sp³-hybridized carbons (Fsp3) is 0. The summed E-state index contributed by atoms with van der Waals surface area (Å²) in [5, 5.41) is 13.1. The standard InChI is InChI=1S/C16H10N2O4S/c19-14(11-3-6-13(7-4-11)18(20)21)8-5-12-10-23-16(17-12)15-2-1-9-22-15/h1-10H. The Bertz CT molecular complexity index is 864. The third kappa shape index (κ3) is 3.41. The number of non-ortho nitro benzene ring substituents is 1. The molecular weight excluding hydrogens is 316 g/mol. The molecule has 0 aliphatic heterocycles. The molecule has 7 heteroatoms. The van der Waals surface area contributed by atoms with E-state index < -0.39 is 4.92 Å². The fourth-order valence-corrected chi connectivity index (χ4v) is 2.63. The fourth-order valence-electron chi connectivity index (χ4n) is 1.88. The first kappa shape index (κ1) is 14.9. The van der Waals surface area contributed by atoms with Crippen LogP contribution in [0.1, 0.15) is 16.1 Å². The van der Waals surface area contributed by atoms with Crippen LogP contribution in [0, 0.1) is 10.1 Å². The molecule has 0 amide bonds. The molecule has 0 fully saturated rings. The second-order valence-electron chi connectivity index (χ2n) is 4.56. The van der Waals surface area contributed by atoms with Crippen LogP contribution in [0.5, 0.6) is 0 Å². The van der Waals surface area contributed by atoms with Crippen molar-refractivity contribution in [1.82, 2.24) is 4.98 Å². The van der Waals surface area contributed by atoms with Crippen LogP contribution >= 0.6 is 11.3 Å². The summed E-state index contributed by atoms with van der Waals surface area (Å²) in [6, 6.07) is 9.07. The number of furan rings is 1. The van der Waals surface area contributed by atoms with Crippen molar-refractivity contribution in [2.75, 3.05) is 0 Å². The average molecular weight is 326 g/mol. The number of nitro groups is 1. The van der Waals surface area contributed by atoms with Gasteiger partial charge >= 0.3 is 0 Å². The zero-order chi connectivity index (χ0) is 16.2. The van der Waals surface area contributed by atoms with Crippen LogP contribution in [0.2, 0.25) is 0 Å². The van der Waals surface area contributed by atoms with Gasteiger partial charge < -0.3 is 4.42 Å². The van der Waals surface area contributed by atoms with E-state index in [2.05, 4.69) is 4.98 Å². The molecular formula is C16H10N2O4S. The molecule has 0 aliphatic rings. The molecule has 2 heterocycles. The normalized spacial score (nSPS) is 11.0. The Labute approximate surface area is 134 Å². The Balaban J connectivity index is 1.72. The Morgan fingerprint density at radius 1 is 1.26 bits per heavy atom. The first-order chi connectivity index (χ1) is 11.1. The minimum atomic E-state index is -0.504. The van der Waals surface area contributed by atoms with Crippen LogP contribution in [-0.4, -0.2) is 15.7 Å². The van der Waals surface area contributed by atoms with E-state index in [1.807, 2.05) is 11.4 Å². The summed E-state index contributed by atoms with van der Waals surface area (Å²) in [7, 11) is 0. The second kappa shape index (κ2) is 6.37. The lowest BCUT2D eigenvalue weighted by molar-refractivity contribution is -0.384. The van der Waals surface area contributed by atoms with Gasteiger partial charge in [0.2, 0.25) is 0 Å². The Kier molecular flexibility index (Phi) is 4.11. The summed E-state index contributed by atoms with van der Waals surface area (Å²) in [4.78, 5) is 26.5. The van der Waals surface area contributed by atoms with Gasteiger partial charge in [0.05, 0.1) is 16.9 Å². The van der Waals surface area contributed by atoms with Gasteiger partial charge in [-0.1, -0.05) is 0 Å². The van der Waals surface area contributed by atoms with Crippen molar-refractivity contribution in [3.8, 4) is 10.8 Å². The number of hydrogen-bond acceptors (Lipinski definition) is 6. The van der Waals surface area contributed by atoms with E-state index in [9.17, 15) is 14.9 Å². The third-order valence-electron chi connectivity index (χ3n) is 3.02. The van der Waals surface area contributed by atoms with E-state index in [0.717, 1.165) is 5.01 Å². The molecule has 0 atom stereocenters. The maximum absolute atomic E-state index is 12.0. The smallest absolute Gasteiger partial charge is 0.269 e. The third-order valence-corrected chi connectivity index (χ3v) is 3.90.